The van der Waals surface area contributed by atoms with Crippen molar-refractivity contribution in [3.05, 3.63) is 34.9 Å². The van der Waals surface area contributed by atoms with E-state index >= 15 is 0 Å². The van der Waals surface area contributed by atoms with Gasteiger partial charge in [-0.3, -0.25) is 4.79 Å². The van der Waals surface area contributed by atoms with Gasteiger partial charge in [-0.25, -0.2) is 0 Å². The highest BCUT2D eigenvalue weighted by Crippen LogP contribution is 2.24. The normalized spacial score (nSPS) is 15.9. The smallest absolute Gasteiger partial charge is 0.133 e. The molecule has 0 heterocycles. The molecule has 1 aromatic rings. The molecule has 0 N–H and O–H groups in total. The molecule has 1 unspecified atom stereocenters. The number of ketones is 1. The molecule has 0 bridgehead atoms. The van der Waals surface area contributed by atoms with Crippen molar-refractivity contribution in [2.45, 2.75) is 65.2 Å². The zero-order chi connectivity index (χ0) is 13.7. The predicted octanol–water partition coefficient (Wildman–Crippen LogP) is 4.50. The first kappa shape index (κ1) is 14.3. The van der Waals surface area contributed by atoms with Gasteiger partial charge in [-0.1, -0.05) is 32.0 Å². The lowest BCUT2D eigenvalue weighted by Crippen LogP contribution is -2.09. The van der Waals surface area contributed by atoms with Crippen LogP contribution in [0.2, 0.25) is 0 Å². The molecule has 2 rings (SSSR count). The van der Waals surface area contributed by atoms with E-state index < -0.39 is 0 Å². The summed E-state index contributed by atoms with van der Waals surface area (Å²) in [5, 5.41) is 0. The van der Waals surface area contributed by atoms with Gasteiger partial charge in [-0.15, -0.1) is 0 Å². The molecule has 1 atom stereocenters. The maximum absolute atomic E-state index is 11.7. The predicted molar refractivity (Wildman–Crippen MR) is 80.5 cm³/mol. The van der Waals surface area contributed by atoms with Gasteiger partial charge in [0.2, 0.25) is 0 Å². The Balaban J connectivity index is 1.93. The molecule has 0 fully saturated rings. The molecule has 1 aromatic carbocycles. The van der Waals surface area contributed by atoms with E-state index in [4.69, 9.17) is 0 Å². The first-order valence-corrected chi connectivity index (χ1v) is 7.81. The van der Waals surface area contributed by atoms with Crippen LogP contribution >= 0.6 is 0 Å². The van der Waals surface area contributed by atoms with Crippen LogP contribution in [0.5, 0.6) is 0 Å². The Morgan fingerprint density at radius 1 is 1.21 bits per heavy atom. The van der Waals surface area contributed by atoms with Crippen LogP contribution in [0.3, 0.4) is 0 Å². The summed E-state index contributed by atoms with van der Waals surface area (Å²) in [4.78, 5) is 11.7. The van der Waals surface area contributed by atoms with Crippen molar-refractivity contribution in [3.8, 4) is 0 Å². The van der Waals surface area contributed by atoms with E-state index in [1.54, 1.807) is 11.1 Å². The maximum atomic E-state index is 11.7. The van der Waals surface area contributed by atoms with Crippen LogP contribution < -0.4 is 0 Å². The Bertz CT molecular complexity index is 433. The average Bonchev–Trinajstić information content (AvgIpc) is 2.38. The number of benzene rings is 1. The Morgan fingerprint density at radius 3 is 2.68 bits per heavy atom. The van der Waals surface area contributed by atoms with Gasteiger partial charge in [0.1, 0.15) is 5.78 Å². The molecule has 0 saturated carbocycles. The number of hydrogen-bond acceptors (Lipinski definition) is 1. The topological polar surface area (TPSA) is 17.1 Å². The van der Waals surface area contributed by atoms with Crippen LogP contribution in [0.4, 0.5) is 0 Å². The number of carbonyl (C=O) groups is 1. The van der Waals surface area contributed by atoms with Crippen molar-refractivity contribution in [1.82, 2.24) is 0 Å². The Hall–Kier alpha value is -1.11. The molecule has 19 heavy (non-hydrogen) atoms. The second kappa shape index (κ2) is 6.88. The molecule has 1 heteroatoms. The van der Waals surface area contributed by atoms with Crippen LogP contribution in [0.25, 0.3) is 0 Å². The van der Waals surface area contributed by atoms with E-state index in [-0.39, 0.29) is 0 Å². The third-order valence-corrected chi connectivity index (χ3v) is 4.10. The van der Waals surface area contributed by atoms with E-state index in [0.29, 0.717) is 11.7 Å². The summed E-state index contributed by atoms with van der Waals surface area (Å²) in [5.74, 6) is 0.897. The number of hydrogen-bond donors (Lipinski definition) is 0. The van der Waals surface area contributed by atoms with Gasteiger partial charge in [-0.2, -0.15) is 0 Å². The van der Waals surface area contributed by atoms with Crippen molar-refractivity contribution in [2.24, 2.45) is 5.92 Å². The van der Waals surface area contributed by atoms with Crippen LogP contribution in [0.15, 0.2) is 18.2 Å². The molecular formula is C18H26O. The zero-order valence-corrected chi connectivity index (χ0v) is 12.4. The zero-order valence-electron chi connectivity index (χ0n) is 12.4. The van der Waals surface area contributed by atoms with E-state index in [2.05, 4.69) is 32.0 Å². The van der Waals surface area contributed by atoms with Gasteiger partial charge in [0.05, 0.1) is 0 Å². The monoisotopic (exact) mass is 258 g/mol. The maximum Gasteiger partial charge on any atom is 0.133 e. The quantitative estimate of drug-likeness (QED) is 0.734. The fraction of sp³-hybridized carbons (Fsp3) is 0.611. The SMILES string of the molecule is CCCC(=O)CC(C)Cc1ccc2c(c1)CCCC2. The second-order valence-electron chi connectivity index (χ2n) is 6.11. The number of aryl methyl sites for hydroxylation is 2. The van der Waals surface area contributed by atoms with Crippen LogP contribution in [0.1, 0.15) is 62.6 Å². The summed E-state index contributed by atoms with van der Waals surface area (Å²) in [6.45, 7) is 4.28. The first-order valence-electron chi connectivity index (χ1n) is 7.81. The van der Waals surface area contributed by atoms with Gasteiger partial charge >= 0.3 is 0 Å². The Kier molecular flexibility index (Phi) is 5.18. The Morgan fingerprint density at radius 2 is 1.95 bits per heavy atom. The van der Waals surface area contributed by atoms with E-state index in [1.807, 2.05) is 0 Å². The molecule has 1 aliphatic carbocycles. The van der Waals surface area contributed by atoms with Crippen molar-refractivity contribution < 1.29 is 4.79 Å². The van der Waals surface area contributed by atoms with Crippen LogP contribution in [0, 0.1) is 5.92 Å². The molecule has 0 amide bonds. The second-order valence-corrected chi connectivity index (χ2v) is 6.11. The van der Waals surface area contributed by atoms with Gasteiger partial charge in [-0.05, 0) is 61.1 Å². The highest BCUT2D eigenvalue weighted by atomic mass is 16.1. The molecule has 0 saturated heterocycles. The van der Waals surface area contributed by atoms with Crippen molar-refractivity contribution in [1.29, 1.82) is 0 Å². The molecule has 0 aromatic heterocycles. The van der Waals surface area contributed by atoms with Crippen molar-refractivity contribution in [3.63, 3.8) is 0 Å². The summed E-state index contributed by atoms with van der Waals surface area (Å²) in [5.41, 5.74) is 4.51. The molecular weight excluding hydrogens is 232 g/mol. The molecule has 1 aliphatic rings. The molecule has 0 aliphatic heterocycles. The summed E-state index contributed by atoms with van der Waals surface area (Å²) in [7, 11) is 0. The third-order valence-electron chi connectivity index (χ3n) is 4.10. The standard InChI is InChI=1S/C18H26O/c1-3-6-18(19)12-14(2)11-15-9-10-16-7-4-5-8-17(16)13-15/h9-10,13-14H,3-8,11-12H2,1-2H3. The summed E-state index contributed by atoms with van der Waals surface area (Å²) < 4.78 is 0. The summed E-state index contributed by atoms with van der Waals surface area (Å²) >= 11 is 0. The molecule has 0 radical (unpaired) electrons. The van der Waals surface area contributed by atoms with E-state index in [9.17, 15) is 4.79 Å². The molecule has 104 valence electrons. The first-order chi connectivity index (χ1) is 9.19. The number of fused-ring (bicyclic) bond motifs is 1. The summed E-state index contributed by atoms with van der Waals surface area (Å²) in [6, 6.07) is 6.96. The minimum Gasteiger partial charge on any atom is -0.300 e. The summed E-state index contributed by atoms with van der Waals surface area (Å²) in [6.07, 6.45) is 8.67. The van der Waals surface area contributed by atoms with E-state index in [1.165, 1.54) is 31.2 Å². The lowest BCUT2D eigenvalue weighted by Gasteiger charge is -2.18. The van der Waals surface area contributed by atoms with Crippen molar-refractivity contribution in [2.75, 3.05) is 0 Å². The minimum atomic E-state index is 0.424. The largest absolute Gasteiger partial charge is 0.300 e. The Labute approximate surface area is 117 Å². The number of Topliss-reactive ketones (excluding diaryl/α,β-unsaturated/α-hetero) is 1. The average molecular weight is 258 g/mol. The van der Waals surface area contributed by atoms with Crippen LogP contribution in [-0.4, -0.2) is 5.78 Å². The molecule has 1 nitrogen and oxygen atoms in total. The van der Waals surface area contributed by atoms with Crippen molar-refractivity contribution >= 4 is 5.78 Å². The lowest BCUT2D eigenvalue weighted by atomic mass is 9.88. The van der Waals surface area contributed by atoms with Gasteiger partial charge in [0.15, 0.2) is 0 Å². The van der Waals surface area contributed by atoms with Gasteiger partial charge in [0.25, 0.3) is 0 Å². The fourth-order valence-corrected chi connectivity index (χ4v) is 3.16. The number of rotatable bonds is 6. The third kappa shape index (κ3) is 4.19. The number of carbonyl (C=O) groups excluding carboxylic acids is 1. The molecule has 0 spiro atoms. The lowest BCUT2D eigenvalue weighted by molar-refractivity contribution is -0.119. The van der Waals surface area contributed by atoms with E-state index in [0.717, 1.165) is 25.7 Å². The van der Waals surface area contributed by atoms with Crippen LogP contribution in [-0.2, 0) is 24.1 Å². The van der Waals surface area contributed by atoms with Gasteiger partial charge < -0.3 is 0 Å². The highest BCUT2D eigenvalue weighted by Gasteiger charge is 2.12. The minimum absolute atomic E-state index is 0.424. The van der Waals surface area contributed by atoms with Gasteiger partial charge in [0, 0.05) is 12.8 Å². The fourth-order valence-electron chi connectivity index (χ4n) is 3.16. The highest BCUT2D eigenvalue weighted by molar-refractivity contribution is 5.78.